The van der Waals surface area contributed by atoms with Gasteiger partial charge in [0, 0.05) is 4.90 Å². The van der Waals surface area contributed by atoms with Crippen molar-refractivity contribution >= 4 is 23.3 Å². The van der Waals surface area contributed by atoms with E-state index in [1.165, 1.54) is 6.92 Å². The average Bonchev–Trinajstić information content (AvgIpc) is 2.27. The Labute approximate surface area is 91.8 Å². The van der Waals surface area contributed by atoms with Gasteiger partial charge in [0.05, 0.1) is 0 Å². The number of benzene rings is 1. The molecule has 0 saturated heterocycles. The van der Waals surface area contributed by atoms with E-state index >= 15 is 0 Å². The molecule has 1 aromatic rings. The predicted octanol–water partition coefficient (Wildman–Crippen LogP) is 3.19. The zero-order chi connectivity index (χ0) is 11.4. The SMILES string of the molecule is CSc1ccc(C(C)=C(F)C(=O)O)cc1. The van der Waals surface area contributed by atoms with E-state index < -0.39 is 11.8 Å². The monoisotopic (exact) mass is 226 g/mol. The number of rotatable bonds is 3. The van der Waals surface area contributed by atoms with Gasteiger partial charge in [0.2, 0.25) is 5.83 Å². The molecule has 2 nitrogen and oxygen atoms in total. The summed E-state index contributed by atoms with van der Waals surface area (Å²) in [4.78, 5) is 11.5. The highest BCUT2D eigenvalue weighted by molar-refractivity contribution is 7.98. The van der Waals surface area contributed by atoms with E-state index in [9.17, 15) is 9.18 Å². The van der Waals surface area contributed by atoms with Crippen molar-refractivity contribution in [2.24, 2.45) is 0 Å². The van der Waals surface area contributed by atoms with Crippen molar-refractivity contribution in [2.75, 3.05) is 6.26 Å². The molecule has 0 spiro atoms. The van der Waals surface area contributed by atoms with Crippen LogP contribution in [0.25, 0.3) is 5.57 Å². The van der Waals surface area contributed by atoms with Crippen LogP contribution >= 0.6 is 11.8 Å². The lowest BCUT2D eigenvalue weighted by molar-refractivity contribution is -0.134. The summed E-state index contributed by atoms with van der Waals surface area (Å²) in [5.41, 5.74) is 0.739. The van der Waals surface area contributed by atoms with Crippen molar-refractivity contribution in [3.8, 4) is 0 Å². The number of carbonyl (C=O) groups is 1. The van der Waals surface area contributed by atoms with Gasteiger partial charge in [-0.05, 0) is 36.4 Å². The van der Waals surface area contributed by atoms with Crippen LogP contribution in [-0.4, -0.2) is 17.3 Å². The van der Waals surface area contributed by atoms with E-state index in [1.54, 1.807) is 23.9 Å². The Bertz CT molecular complexity index is 396. The normalized spacial score (nSPS) is 12.2. The van der Waals surface area contributed by atoms with E-state index in [0.29, 0.717) is 5.56 Å². The second-order valence-electron chi connectivity index (χ2n) is 2.97. The number of carboxylic acids is 1. The van der Waals surface area contributed by atoms with Gasteiger partial charge in [-0.1, -0.05) is 12.1 Å². The molecular formula is C11H11FO2S. The first kappa shape index (κ1) is 11.8. The van der Waals surface area contributed by atoms with Gasteiger partial charge < -0.3 is 5.11 Å². The maximum Gasteiger partial charge on any atom is 0.365 e. The molecule has 1 N–H and O–H groups in total. The molecule has 0 bridgehead atoms. The number of thioether (sulfide) groups is 1. The Balaban J connectivity index is 3.07. The van der Waals surface area contributed by atoms with Gasteiger partial charge in [-0.25, -0.2) is 4.79 Å². The van der Waals surface area contributed by atoms with E-state index in [1.807, 2.05) is 18.4 Å². The lowest BCUT2D eigenvalue weighted by Gasteiger charge is -2.03. The Hall–Kier alpha value is -1.29. The summed E-state index contributed by atoms with van der Waals surface area (Å²) in [5.74, 6) is -2.63. The van der Waals surface area contributed by atoms with Crippen molar-refractivity contribution in [1.82, 2.24) is 0 Å². The largest absolute Gasteiger partial charge is 0.476 e. The fraction of sp³-hybridized carbons (Fsp3) is 0.182. The average molecular weight is 226 g/mol. The van der Waals surface area contributed by atoms with Crippen LogP contribution in [0.15, 0.2) is 35.0 Å². The third kappa shape index (κ3) is 2.83. The molecule has 0 radical (unpaired) electrons. The summed E-state index contributed by atoms with van der Waals surface area (Å²) in [6, 6.07) is 7.09. The van der Waals surface area contributed by atoms with Crippen LogP contribution in [0.3, 0.4) is 0 Å². The topological polar surface area (TPSA) is 37.3 Å². The molecule has 0 aliphatic carbocycles. The summed E-state index contributed by atoms with van der Waals surface area (Å²) in [6.45, 7) is 1.46. The number of allylic oxidation sites excluding steroid dienone is 1. The van der Waals surface area contributed by atoms with Gasteiger partial charge in [0.1, 0.15) is 0 Å². The van der Waals surface area contributed by atoms with Gasteiger partial charge in [-0.3, -0.25) is 0 Å². The molecule has 1 rings (SSSR count). The fourth-order valence-corrected chi connectivity index (χ4v) is 1.54. The van der Waals surface area contributed by atoms with Crippen LogP contribution in [0.1, 0.15) is 12.5 Å². The van der Waals surface area contributed by atoms with Crippen LogP contribution in [0, 0.1) is 0 Å². The first-order chi connectivity index (χ1) is 7.06. The van der Waals surface area contributed by atoms with Crippen molar-refractivity contribution in [3.05, 3.63) is 35.7 Å². The maximum atomic E-state index is 13.1. The van der Waals surface area contributed by atoms with Crippen molar-refractivity contribution in [3.63, 3.8) is 0 Å². The molecular weight excluding hydrogens is 215 g/mol. The molecule has 0 aliphatic heterocycles. The minimum absolute atomic E-state index is 0.148. The molecule has 15 heavy (non-hydrogen) atoms. The predicted molar refractivity (Wildman–Crippen MR) is 59.6 cm³/mol. The highest BCUT2D eigenvalue weighted by Gasteiger charge is 2.11. The molecule has 0 heterocycles. The van der Waals surface area contributed by atoms with E-state index in [0.717, 1.165) is 4.90 Å². The molecule has 0 atom stereocenters. The zero-order valence-electron chi connectivity index (χ0n) is 8.45. The van der Waals surface area contributed by atoms with Crippen LogP contribution in [0.5, 0.6) is 0 Å². The Morgan fingerprint density at radius 1 is 1.33 bits per heavy atom. The quantitative estimate of drug-likeness (QED) is 0.635. The van der Waals surface area contributed by atoms with Gasteiger partial charge in [-0.15, -0.1) is 11.8 Å². The summed E-state index contributed by atoms with van der Waals surface area (Å²) >= 11 is 1.58. The Morgan fingerprint density at radius 3 is 2.27 bits per heavy atom. The van der Waals surface area contributed by atoms with Gasteiger partial charge in [0.25, 0.3) is 0 Å². The zero-order valence-corrected chi connectivity index (χ0v) is 9.27. The number of halogens is 1. The standard InChI is InChI=1S/C11H11FO2S/c1-7(10(12)11(13)14)8-3-5-9(15-2)6-4-8/h3-6H,1-2H3,(H,13,14). The molecule has 0 saturated carbocycles. The van der Waals surface area contributed by atoms with Crippen LogP contribution in [0.2, 0.25) is 0 Å². The van der Waals surface area contributed by atoms with Crippen LogP contribution < -0.4 is 0 Å². The van der Waals surface area contributed by atoms with Crippen LogP contribution in [0.4, 0.5) is 4.39 Å². The second-order valence-corrected chi connectivity index (χ2v) is 3.85. The summed E-state index contributed by atoms with van der Waals surface area (Å²) in [7, 11) is 0. The smallest absolute Gasteiger partial charge is 0.365 e. The molecule has 0 fully saturated rings. The summed E-state index contributed by atoms with van der Waals surface area (Å²) in [6.07, 6.45) is 1.94. The van der Waals surface area contributed by atoms with Gasteiger partial charge in [-0.2, -0.15) is 4.39 Å². The molecule has 0 aliphatic rings. The molecule has 1 aromatic carbocycles. The van der Waals surface area contributed by atoms with Gasteiger partial charge >= 0.3 is 5.97 Å². The molecule has 0 amide bonds. The summed E-state index contributed by atoms with van der Waals surface area (Å²) < 4.78 is 13.1. The lowest BCUT2D eigenvalue weighted by atomic mass is 10.1. The van der Waals surface area contributed by atoms with Gasteiger partial charge in [0.15, 0.2) is 0 Å². The first-order valence-corrected chi connectivity index (χ1v) is 5.53. The third-order valence-corrected chi connectivity index (χ3v) is 2.78. The molecule has 0 aromatic heterocycles. The minimum atomic E-state index is -1.53. The molecule has 80 valence electrons. The minimum Gasteiger partial charge on any atom is -0.476 e. The third-order valence-electron chi connectivity index (χ3n) is 2.04. The number of carboxylic acid groups (broad SMARTS) is 1. The molecule has 4 heteroatoms. The second kappa shape index (κ2) is 4.98. The lowest BCUT2D eigenvalue weighted by Crippen LogP contribution is -1.97. The molecule has 0 unspecified atom stereocenters. The first-order valence-electron chi connectivity index (χ1n) is 4.30. The highest BCUT2D eigenvalue weighted by atomic mass is 32.2. The van der Waals surface area contributed by atoms with E-state index in [-0.39, 0.29) is 5.57 Å². The van der Waals surface area contributed by atoms with Crippen molar-refractivity contribution in [2.45, 2.75) is 11.8 Å². The Morgan fingerprint density at radius 2 is 1.87 bits per heavy atom. The van der Waals surface area contributed by atoms with E-state index in [4.69, 9.17) is 5.11 Å². The fourth-order valence-electron chi connectivity index (χ4n) is 1.13. The summed E-state index contributed by atoms with van der Waals surface area (Å²) in [5, 5.41) is 8.48. The maximum absolute atomic E-state index is 13.1. The number of hydrogen-bond donors (Lipinski definition) is 1. The Kier molecular flexibility index (Phi) is 3.91. The van der Waals surface area contributed by atoms with Crippen LogP contribution in [-0.2, 0) is 4.79 Å². The number of hydrogen-bond acceptors (Lipinski definition) is 2. The van der Waals surface area contributed by atoms with Crippen molar-refractivity contribution < 1.29 is 14.3 Å². The highest BCUT2D eigenvalue weighted by Crippen LogP contribution is 2.22. The van der Waals surface area contributed by atoms with E-state index in [2.05, 4.69) is 0 Å². The van der Waals surface area contributed by atoms with Crippen molar-refractivity contribution in [1.29, 1.82) is 0 Å². The number of aliphatic carboxylic acids is 1.